The minimum atomic E-state index is 0.745. The summed E-state index contributed by atoms with van der Waals surface area (Å²) in [5, 5.41) is 7.73. The summed E-state index contributed by atoms with van der Waals surface area (Å²) < 4.78 is 0. The number of fused-ring (bicyclic) bond motifs is 1. The van der Waals surface area contributed by atoms with Gasteiger partial charge in [-0.25, -0.2) is 0 Å². The maximum atomic E-state index is 5.63. The van der Waals surface area contributed by atoms with Gasteiger partial charge in [0.05, 0.1) is 11.7 Å². The zero-order chi connectivity index (χ0) is 6.97. The number of aromatic nitrogens is 2. The Morgan fingerprint density at radius 1 is 1.40 bits per heavy atom. The van der Waals surface area contributed by atoms with Crippen LogP contribution in [0.5, 0.6) is 0 Å². The number of para-hydroxylation sites is 1. The van der Waals surface area contributed by atoms with Crippen molar-refractivity contribution in [2.75, 3.05) is 0 Å². The Labute approximate surface area is 59.7 Å². The maximum Gasteiger partial charge on any atom is 0.116 e. The summed E-state index contributed by atoms with van der Waals surface area (Å²) in [6, 6.07) is 5.73. The molecule has 46 valence electrons. The van der Waals surface area contributed by atoms with Gasteiger partial charge in [0, 0.05) is 5.39 Å². The summed E-state index contributed by atoms with van der Waals surface area (Å²) in [5.74, 6) is 0. The normalized spacial score (nSPS) is 10.4. The van der Waals surface area contributed by atoms with E-state index >= 15 is 0 Å². The summed E-state index contributed by atoms with van der Waals surface area (Å²) in [6.45, 7) is 0. The molecule has 0 amide bonds. The number of hydrogen-bond donors (Lipinski definition) is 1. The molecule has 0 spiro atoms. The smallest absolute Gasteiger partial charge is 0.116 e. The monoisotopic (exact) mass is 128 g/mol. The molecule has 2 rings (SSSR count). The lowest BCUT2D eigenvalue weighted by molar-refractivity contribution is 1.12. The molecule has 1 heterocycles. The number of aromatic amines is 1. The van der Waals surface area contributed by atoms with Crippen molar-refractivity contribution in [2.45, 2.75) is 0 Å². The van der Waals surface area contributed by atoms with Crippen LogP contribution in [0.3, 0.4) is 0 Å². The van der Waals surface area contributed by atoms with Gasteiger partial charge in [0.25, 0.3) is 0 Å². The quantitative estimate of drug-likeness (QED) is 0.509. The molecular formula is C7H5BN2. The van der Waals surface area contributed by atoms with E-state index in [-0.39, 0.29) is 0 Å². The zero-order valence-electron chi connectivity index (χ0n) is 5.33. The van der Waals surface area contributed by atoms with E-state index in [1.165, 1.54) is 0 Å². The molecule has 0 atom stereocenters. The summed E-state index contributed by atoms with van der Waals surface area (Å²) >= 11 is 0. The summed E-state index contributed by atoms with van der Waals surface area (Å²) in [6.07, 6.45) is 1.76. The molecule has 0 bridgehead atoms. The first-order chi connectivity index (χ1) is 4.88. The maximum absolute atomic E-state index is 5.63. The number of rotatable bonds is 0. The molecule has 1 aromatic carbocycles. The average Bonchev–Trinajstić information content (AvgIpc) is 2.36. The Morgan fingerprint density at radius 3 is 3.10 bits per heavy atom. The Kier molecular flexibility index (Phi) is 1.03. The Balaban J connectivity index is 2.95. The van der Waals surface area contributed by atoms with Crippen LogP contribution in [0.15, 0.2) is 24.4 Å². The number of hydrogen-bond acceptors (Lipinski definition) is 1. The fraction of sp³-hybridized carbons (Fsp3) is 0. The van der Waals surface area contributed by atoms with E-state index in [9.17, 15) is 0 Å². The highest BCUT2D eigenvalue weighted by atomic mass is 15.1. The number of nitrogens with one attached hydrogen (secondary N) is 1. The zero-order valence-corrected chi connectivity index (χ0v) is 5.33. The van der Waals surface area contributed by atoms with Crippen LogP contribution in [0.2, 0.25) is 0 Å². The third-order valence-corrected chi connectivity index (χ3v) is 1.51. The van der Waals surface area contributed by atoms with Gasteiger partial charge in [-0.2, -0.15) is 5.10 Å². The Bertz CT molecular complexity index is 353. The molecule has 2 nitrogen and oxygen atoms in total. The highest BCUT2D eigenvalue weighted by Crippen LogP contribution is 2.04. The van der Waals surface area contributed by atoms with E-state index in [1.54, 1.807) is 6.20 Å². The van der Waals surface area contributed by atoms with Crippen LogP contribution in [-0.2, 0) is 0 Å². The predicted octanol–water partition coefficient (Wildman–Crippen LogP) is 0.357. The molecule has 10 heavy (non-hydrogen) atoms. The molecule has 2 aromatic rings. The molecule has 0 saturated carbocycles. The van der Waals surface area contributed by atoms with E-state index in [4.69, 9.17) is 7.85 Å². The summed E-state index contributed by atoms with van der Waals surface area (Å²) in [5.41, 5.74) is 1.66. The Hall–Kier alpha value is -1.25. The van der Waals surface area contributed by atoms with Crippen molar-refractivity contribution in [3.63, 3.8) is 0 Å². The van der Waals surface area contributed by atoms with Gasteiger partial charge < -0.3 is 0 Å². The standard InChI is InChI=1S/C7H5BN2/c8-6-3-1-2-5-4-9-10-7(5)6/h1-4H,(H,9,10). The van der Waals surface area contributed by atoms with Gasteiger partial charge >= 0.3 is 0 Å². The summed E-state index contributed by atoms with van der Waals surface area (Å²) in [4.78, 5) is 0. The molecule has 0 saturated heterocycles. The van der Waals surface area contributed by atoms with Crippen molar-refractivity contribution in [1.82, 2.24) is 10.2 Å². The van der Waals surface area contributed by atoms with Gasteiger partial charge in [-0.1, -0.05) is 23.7 Å². The molecule has 1 aromatic heterocycles. The number of benzene rings is 1. The first kappa shape index (κ1) is 5.53. The average molecular weight is 128 g/mol. The van der Waals surface area contributed by atoms with Crippen molar-refractivity contribution >= 4 is 24.2 Å². The second-order valence-corrected chi connectivity index (χ2v) is 2.18. The summed E-state index contributed by atoms with van der Waals surface area (Å²) in [7, 11) is 5.63. The molecule has 0 aliphatic heterocycles. The second-order valence-electron chi connectivity index (χ2n) is 2.18. The lowest BCUT2D eigenvalue weighted by atomic mass is 9.94. The van der Waals surface area contributed by atoms with Crippen molar-refractivity contribution in [3.8, 4) is 0 Å². The topological polar surface area (TPSA) is 28.7 Å². The third-order valence-electron chi connectivity index (χ3n) is 1.51. The molecule has 2 radical (unpaired) electrons. The minimum absolute atomic E-state index is 0.745. The first-order valence-electron chi connectivity index (χ1n) is 3.05. The molecule has 0 unspecified atom stereocenters. The van der Waals surface area contributed by atoms with Gasteiger partial charge in [0.2, 0.25) is 0 Å². The van der Waals surface area contributed by atoms with Gasteiger partial charge in [-0.3, -0.25) is 5.10 Å². The van der Waals surface area contributed by atoms with Crippen molar-refractivity contribution in [3.05, 3.63) is 24.4 Å². The molecule has 0 aliphatic rings. The van der Waals surface area contributed by atoms with Crippen molar-refractivity contribution in [2.24, 2.45) is 0 Å². The SMILES string of the molecule is [B]c1cccc2cn[nH]c12. The van der Waals surface area contributed by atoms with Crippen LogP contribution in [0.1, 0.15) is 0 Å². The third kappa shape index (κ3) is 0.636. The van der Waals surface area contributed by atoms with Gasteiger partial charge in [-0.15, -0.1) is 0 Å². The van der Waals surface area contributed by atoms with Crippen LogP contribution in [0.25, 0.3) is 10.9 Å². The molecule has 3 heteroatoms. The molecule has 0 fully saturated rings. The van der Waals surface area contributed by atoms with Crippen molar-refractivity contribution < 1.29 is 0 Å². The van der Waals surface area contributed by atoms with Crippen LogP contribution in [0, 0.1) is 0 Å². The van der Waals surface area contributed by atoms with Gasteiger partial charge in [0.15, 0.2) is 0 Å². The van der Waals surface area contributed by atoms with E-state index in [0.717, 1.165) is 16.4 Å². The molecular weight excluding hydrogens is 123 g/mol. The van der Waals surface area contributed by atoms with E-state index in [2.05, 4.69) is 10.2 Å². The fourth-order valence-electron chi connectivity index (χ4n) is 0.992. The predicted molar refractivity (Wildman–Crippen MR) is 41.5 cm³/mol. The lowest BCUT2D eigenvalue weighted by Gasteiger charge is -1.91. The molecule has 0 aliphatic carbocycles. The fourth-order valence-corrected chi connectivity index (χ4v) is 0.992. The largest absolute Gasteiger partial charge is 0.278 e. The van der Waals surface area contributed by atoms with Gasteiger partial charge in [0.1, 0.15) is 7.85 Å². The van der Waals surface area contributed by atoms with Crippen LogP contribution in [0.4, 0.5) is 0 Å². The number of H-pyrrole nitrogens is 1. The lowest BCUT2D eigenvalue weighted by Crippen LogP contribution is -2.02. The first-order valence-corrected chi connectivity index (χ1v) is 3.05. The van der Waals surface area contributed by atoms with E-state index in [1.807, 2.05) is 18.2 Å². The minimum Gasteiger partial charge on any atom is -0.278 e. The highest BCUT2D eigenvalue weighted by molar-refractivity contribution is 6.38. The van der Waals surface area contributed by atoms with E-state index in [0.29, 0.717) is 0 Å². The highest BCUT2D eigenvalue weighted by Gasteiger charge is 1.94. The van der Waals surface area contributed by atoms with Gasteiger partial charge in [-0.05, 0) is 0 Å². The van der Waals surface area contributed by atoms with Crippen LogP contribution >= 0.6 is 0 Å². The van der Waals surface area contributed by atoms with Crippen LogP contribution in [-0.4, -0.2) is 18.0 Å². The van der Waals surface area contributed by atoms with E-state index < -0.39 is 0 Å². The Morgan fingerprint density at radius 2 is 2.30 bits per heavy atom. The van der Waals surface area contributed by atoms with Crippen molar-refractivity contribution in [1.29, 1.82) is 0 Å². The van der Waals surface area contributed by atoms with Crippen LogP contribution < -0.4 is 5.46 Å². The second kappa shape index (κ2) is 1.87. The molecule has 1 N–H and O–H groups in total. The number of nitrogens with zero attached hydrogens (tertiary/aromatic N) is 1.